The Kier molecular flexibility index (Phi) is 6.60. The molecular weight excluding hydrogens is 586 g/mol. The maximum absolute atomic E-state index is 15.3. The average Bonchev–Trinajstić information content (AvgIpc) is 3.61. The number of halogens is 4. The minimum atomic E-state index is -3.93. The van der Waals surface area contributed by atoms with Crippen LogP contribution in [0.2, 0.25) is 0 Å². The second kappa shape index (κ2) is 9.97. The fraction of sp³-hybridized carbons (Fsp3) is 0.200. The second-order valence-corrected chi connectivity index (χ2v) is 12.6. The smallest absolute Gasteiger partial charge is 0.258 e. The van der Waals surface area contributed by atoms with E-state index in [1.165, 1.54) is 36.1 Å². The van der Waals surface area contributed by atoms with Crippen LogP contribution >= 0.6 is 0 Å². The number of aryl methyl sites for hydroxylation is 1. The summed E-state index contributed by atoms with van der Waals surface area (Å²) in [5.74, 6) is -1.93. The summed E-state index contributed by atoms with van der Waals surface area (Å²) in [6.45, 7) is 1.68. The first-order valence-electron chi connectivity index (χ1n) is 13.0. The van der Waals surface area contributed by atoms with Crippen molar-refractivity contribution in [2.24, 2.45) is 7.05 Å². The first-order chi connectivity index (χ1) is 20.3. The molecule has 0 radical (unpaired) electrons. The van der Waals surface area contributed by atoms with Gasteiger partial charge in [-0.25, -0.2) is 35.9 Å². The number of benzene rings is 2. The van der Waals surface area contributed by atoms with Crippen LogP contribution in [-0.4, -0.2) is 40.4 Å². The number of rotatable bonds is 6. The minimum absolute atomic E-state index is 0.0250. The van der Waals surface area contributed by atoms with Crippen molar-refractivity contribution in [3.05, 3.63) is 100 Å². The maximum Gasteiger partial charge on any atom is 0.258 e. The molecular formula is C30H23F4N5O3S. The van der Waals surface area contributed by atoms with Gasteiger partial charge in [0.15, 0.2) is 15.7 Å². The number of anilines is 1. The third-order valence-corrected chi connectivity index (χ3v) is 8.76. The zero-order chi connectivity index (χ0) is 30.8. The van der Waals surface area contributed by atoms with Gasteiger partial charge in [-0.1, -0.05) is 0 Å². The van der Waals surface area contributed by atoms with Crippen molar-refractivity contribution in [2.45, 2.75) is 30.0 Å². The molecule has 3 aromatic heterocycles. The lowest BCUT2D eigenvalue weighted by atomic mass is 9.95. The van der Waals surface area contributed by atoms with E-state index in [-0.39, 0.29) is 39.2 Å². The lowest BCUT2D eigenvalue weighted by molar-refractivity contribution is 0.436. The molecule has 1 saturated carbocycles. The second-order valence-electron chi connectivity index (χ2n) is 10.6. The highest BCUT2D eigenvalue weighted by Crippen LogP contribution is 2.53. The first-order valence-corrected chi connectivity index (χ1v) is 14.9. The van der Waals surface area contributed by atoms with Crippen LogP contribution in [0.15, 0.2) is 70.7 Å². The standard InChI is InChI=1S/C30H23F4N5O3S/c1-15-20(7-19(33)14-35-15)28-36-12-16(13-37-28)25-10-21-22(29(40)39(25)2)6-18(32)8-23(21)30(11-27(30)34)38-24-5-4-17(31)9-26(24)43(3,41)42/h4-10,12-14,27,38H,11H2,1-3H3/t27-,30-/m1/s1. The monoisotopic (exact) mass is 609 g/mol. The van der Waals surface area contributed by atoms with Gasteiger partial charge < -0.3 is 9.88 Å². The lowest BCUT2D eigenvalue weighted by Gasteiger charge is -2.23. The molecule has 43 heavy (non-hydrogen) atoms. The van der Waals surface area contributed by atoms with E-state index in [1.807, 2.05) is 0 Å². The number of hydrogen-bond donors (Lipinski definition) is 1. The van der Waals surface area contributed by atoms with Gasteiger partial charge in [-0.05, 0) is 60.3 Å². The van der Waals surface area contributed by atoms with Crippen molar-refractivity contribution in [2.75, 3.05) is 11.6 Å². The number of hydrogen-bond acceptors (Lipinski definition) is 7. The third-order valence-electron chi connectivity index (χ3n) is 7.62. The van der Waals surface area contributed by atoms with Crippen molar-refractivity contribution in [3.63, 3.8) is 0 Å². The average molecular weight is 610 g/mol. The summed E-state index contributed by atoms with van der Waals surface area (Å²) in [7, 11) is -2.44. The van der Waals surface area contributed by atoms with Crippen LogP contribution in [0.25, 0.3) is 33.4 Å². The highest BCUT2D eigenvalue weighted by molar-refractivity contribution is 7.90. The van der Waals surface area contributed by atoms with Crippen LogP contribution in [-0.2, 0) is 22.4 Å². The van der Waals surface area contributed by atoms with Crippen LogP contribution in [0.4, 0.5) is 23.2 Å². The molecule has 3 heterocycles. The van der Waals surface area contributed by atoms with Crippen LogP contribution in [0.5, 0.6) is 0 Å². The Morgan fingerprint density at radius 3 is 2.28 bits per heavy atom. The zero-order valence-electron chi connectivity index (χ0n) is 23.0. The quantitative estimate of drug-likeness (QED) is 0.263. The van der Waals surface area contributed by atoms with Crippen molar-refractivity contribution in [1.29, 1.82) is 0 Å². The van der Waals surface area contributed by atoms with Gasteiger partial charge in [-0.3, -0.25) is 9.78 Å². The minimum Gasteiger partial charge on any atom is -0.372 e. The van der Waals surface area contributed by atoms with Gasteiger partial charge in [0.2, 0.25) is 0 Å². The van der Waals surface area contributed by atoms with E-state index in [0.29, 0.717) is 22.5 Å². The zero-order valence-corrected chi connectivity index (χ0v) is 23.8. The van der Waals surface area contributed by atoms with Crippen molar-refractivity contribution in [3.8, 4) is 22.6 Å². The summed E-state index contributed by atoms with van der Waals surface area (Å²) < 4.78 is 84.0. The molecule has 0 bridgehead atoms. The normalized spacial score (nSPS) is 18.2. The Hall–Kier alpha value is -4.65. The van der Waals surface area contributed by atoms with Gasteiger partial charge >= 0.3 is 0 Å². The van der Waals surface area contributed by atoms with E-state index >= 15 is 4.39 Å². The molecule has 1 aliphatic carbocycles. The fourth-order valence-corrected chi connectivity index (χ4v) is 6.14. The van der Waals surface area contributed by atoms with Crippen molar-refractivity contribution in [1.82, 2.24) is 19.5 Å². The third kappa shape index (κ3) is 4.92. The Morgan fingerprint density at radius 2 is 1.63 bits per heavy atom. The maximum atomic E-state index is 15.3. The van der Waals surface area contributed by atoms with Crippen LogP contribution < -0.4 is 10.9 Å². The Labute approximate surface area is 243 Å². The number of nitrogens with one attached hydrogen (secondary N) is 1. The molecule has 8 nitrogen and oxygen atoms in total. The number of fused-ring (bicyclic) bond motifs is 1. The highest BCUT2D eigenvalue weighted by Gasteiger charge is 2.58. The van der Waals surface area contributed by atoms with Gasteiger partial charge in [0.25, 0.3) is 5.56 Å². The molecule has 13 heteroatoms. The summed E-state index contributed by atoms with van der Waals surface area (Å²) in [5, 5.41) is 3.09. The van der Waals surface area contributed by atoms with Crippen LogP contribution in [0, 0.1) is 24.4 Å². The number of nitrogens with zero attached hydrogens (tertiary/aromatic N) is 4. The van der Waals surface area contributed by atoms with Gasteiger partial charge in [0, 0.05) is 48.9 Å². The summed E-state index contributed by atoms with van der Waals surface area (Å²) >= 11 is 0. The van der Waals surface area contributed by atoms with Crippen LogP contribution in [0.3, 0.4) is 0 Å². The predicted octanol–water partition coefficient (Wildman–Crippen LogP) is 5.24. The van der Waals surface area contributed by atoms with E-state index in [9.17, 15) is 26.4 Å². The fourth-order valence-electron chi connectivity index (χ4n) is 5.30. The molecule has 5 aromatic rings. The molecule has 0 unspecified atom stereocenters. The molecule has 0 aliphatic heterocycles. The molecule has 0 saturated heterocycles. The molecule has 6 rings (SSSR count). The van der Waals surface area contributed by atoms with Crippen molar-refractivity contribution < 1.29 is 26.0 Å². The molecule has 2 atom stereocenters. The molecule has 220 valence electrons. The molecule has 1 N–H and O–H groups in total. The molecule has 1 fully saturated rings. The van der Waals surface area contributed by atoms with E-state index in [0.717, 1.165) is 36.7 Å². The Morgan fingerprint density at radius 1 is 0.930 bits per heavy atom. The predicted molar refractivity (Wildman–Crippen MR) is 152 cm³/mol. The van der Waals surface area contributed by atoms with E-state index in [4.69, 9.17) is 0 Å². The molecule has 0 amide bonds. The van der Waals surface area contributed by atoms with E-state index in [1.54, 1.807) is 13.0 Å². The summed E-state index contributed by atoms with van der Waals surface area (Å²) in [4.78, 5) is 25.7. The Bertz CT molecular complexity index is 2120. The van der Waals surface area contributed by atoms with Gasteiger partial charge in [0.05, 0.1) is 33.4 Å². The molecule has 0 spiro atoms. The van der Waals surface area contributed by atoms with E-state index < -0.39 is 44.6 Å². The number of alkyl halides is 1. The molecule has 1 aliphatic rings. The van der Waals surface area contributed by atoms with Crippen LogP contribution in [0.1, 0.15) is 17.7 Å². The number of pyridine rings is 2. The summed E-state index contributed by atoms with van der Waals surface area (Å²) in [6, 6.07) is 8.02. The van der Waals surface area contributed by atoms with Gasteiger partial charge in [-0.2, -0.15) is 0 Å². The summed E-state index contributed by atoms with van der Waals surface area (Å²) in [5.41, 5.74) is -0.501. The largest absolute Gasteiger partial charge is 0.372 e. The number of sulfone groups is 1. The van der Waals surface area contributed by atoms with Gasteiger partial charge in [0.1, 0.15) is 23.6 Å². The lowest BCUT2D eigenvalue weighted by Crippen LogP contribution is -2.26. The highest BCUT2D eigenvalue weighted by atomic mass is 32.2. The first kappa shape index (κ1) is 28.5. The molecule has 2 aromatic carbocycles. The summed E-state index contributed by atoms with van der Waals surface area (Å²) in [6.07, 6.45) is 3.13. The Balaban J connectivity index is 1.50. The topological polar surface area (TPSA) is 107 Å². The number of aromatic nitrogens is 4. The van der Waals surface area contributed by atoms with E-state index in [2.05, 4.69) is 20.3 Å². The SMILES string of the molecule is Cc1ncc(F)cc1-c1ncc(-c2cc3c([C@]4(Nc5ccc(F)cc5S(C)(=O)=O)C[C@H]4F)cc(F)cc3c(=O)n2C)cn1. The van der Waals surface area contributed by atoms with Gasteiger partial charge in [-0.15, -0.1) is 0 Å². The van der Waals surface area contributed by atoms with Crippen molar-refractivity contribution >= 4 is 26.3 Å².